The van der Waals surface area contributed by atoms with Crippen molar-refractivity contribution in [3.8, 4) is 5.75 Å². The first kappa shape index (κ1) is 18.2. The number of hydrogen-bond acceptors (Lipinski definition) is 4. The molecule has 4 nitrogen and oxygen atoms in total. The van der Waals surface area contributed by atoms with E-state index in [1.807, 2.05) is 18.2 Å². The summed E-state index contributed by atoms with van der Waals surface area (Å²) in [5.74, 6) is 0.684. The van der Waals surface area contributed by atoms with Gasteiger partial charge in [0, 0.05) is 6.61 Å². The molecular formula is C16H25ClO4. The Hall–Kier alpha value is -0.810. The van der Waals surface area contributed by atoms with Crippen molar-refractivity contribution in [1.29, 1.82) is 0 Å². The summed E-state index contributed by atoms with van der Waals surface area (Å²) in [6.45, 7) is 6.34. The van der Waals surface area contributed by atoms with Crippen molar-refractivity contribution in [2.24, 2.45) is 0 Å². The third-order valence-electron chi connectivity index (χ3n) is 2.71. The van der Waals surface area contributed by atoms with Crippen molar-refractivity contribution in [2.45, 2.75) is 19.8 Å². The fourth-order valence-corrected chi connectivity index (χ4v) is 1.75. The topological polar surface area (TPSA) is 36.9 Å². The van der Waals surface area contributed by atoms with Gasteiger partial charge in [-0.15, -0.1) is 0 Å². The minimum Gasteiger partial charge on any atom is -0.490 e. The monoisotopic (exact) mass is 316 g/mol. The highest BCUT2D eigenvalue weighted by Gasteiger charge is 1.99. The number of hydrogen-bond donors (Lipinski definition) is 0. The smallest absolute Gasteiger partial charge is 0.138 e. The number of unbranched alkanes of at least 4 members (excludes halogenated alkanes) is 1. The van der Waals surface area contributed by atoms with Crippen molar-refractivity contribution < 1.29 is 18.9 Å². The summed E-state index contributed by atoms with van der Waals surface area (Å²) >= 11 is 5.97. The van der Waals surface area contributed by atoms with Crippen LogP contribution in [0.5, 0.6) is 5.75 Å². The standard InChI is InChI=1S/C16H25ClO4/c1-2-3-8-18-9-10-19-11-12-20-13-14-21-16-7-5-4-6-15(16)17/h4-7H,2-3,8-14H2,1H3. The lowest BCUT2D eigenvalue weighted by atomic mass is 10.3. The largest absolute Gasteiger partial charge is 0.490 e. The fourth-order valence-electron chi connectivity index (χ4n) is 1.56. The molecule has 0 amide bonds. The van der Waals surface area contributed by atoms with E-state index in [1.165, 1.54) is 0 Å². The van der Waals surface area contributed by atoms with Crippen molar-refractivity contribution >= 4 is 11.6 Å². The molecule has 0 spiro atoms. The predicted octanol–water partition coefficient (Wildman–Crippen LogP) is 3.57. The first-order chi connectivity index (χ1) is 10.3. The molecule has 0 N–H and O–H groups in total. The SMILES string of the molecule is CCCCOCCOCCOCCOc1ccccc1Cl. The molecule has 0 unspecified atom stereocenters. The number of benzene rings is 1. The highest BCUT2D eigenvalue weighted by molar-refractivity contribution is 6.32. The summed E-state index contributed by atoms with van der Waals surface area (Å²) in [5.41, 5.74) is 0. The van der Waals surface area contributed by atoms with Crippen LogP contribution in [-0.2, 0) is 14.2 Å². The van der Waals surface area contributed by atoms with E-state index in [2.05, 4.69) is 6.92 Å². The molecule has 1 aromatic carbocycles. The maximum absolute atomic E-state index is 5.97. The summed E-state index contributed by atoms with van der Waals surface area (Å²) in [6.07, 6.45) is 2.26. The Morgan fingerprint density at radius 2 is 1.38 bits per heavy atom. The maximum Gasteiger partial charge on any atom is 0.138 e. The van der Waals surface area contributed by atoms with Crippen LogP contribution < -0.4 is 4.74 Å². The van der Waals surface area contributed by atoms with E-state index in [-0.39, 0.29) is 0 Å². The van der Waals surface area contributed by atoms with Crippen LogP contribution >= 0.6 is 11.6 Å². The van der Waals surface area contributed by atoms with Gasteiger partial charge in [0.05, 0.1) is 38.1 Å². The van der Waals surface area contributed by atoms with Crippen molar-refractivity contribution in [1.82, 2.24) is 0 Å². The van der Waals surface area contributed by atoms with Crippen LogP contribution in [0, 0.1) is 0 Å². The Morgan fingerprint density at radius 1 is 0.810 bits per heavy atom. The molecule has 0 atom stereocenters. The summed E-state index contributed by atoms with van der Waals surface area (Å²) < 4.78 is 21.7. The highest BCUT2D eigenvalue weighted by Crippen LogP contribution is 2.22. The highest BCUT2D eigenvalue weighted by atomic mass is 35.5. The van der Waals surface area contributed by atoms with Crippen molar-refractivity contribution in [3.05, 3.63) is 29.3 Å². The van der Waals surface area contributed by atoms with E-state index in [4.69, 9.17) is 30.5 Å². The van der Waals surface area contributed by atoms with Gasteiger partial charge in [0.2, 0.25) is 0 Å². The van der Waals surface area contributed by atoms with E-state index < -0.39 is 0 Å². The normalized spacial score (nSPS) is 10.8. The zero-order chi connectivity index (χ0) is 15.2. The third-order valence-corrected chi connectivity index (χ3v) is 3.02. The molecule has 0 aliphatic heterocycles. The molecule has 5 heteroatoms. The van der Waals surface area contributed by atoms with Crippen LogP contribution in [0.15, 0.2) is 24.3 Å². The zero-order valence-electron chi connectivity index (χ0n) is 12.7. The van der Waals surface area contributed by atoms with Crippen molar-refractivity contribution in [3.63, 3.8) is 0 Å². The van der Waals surface area contributed by atoms with Crippen molar-refractivity contribution in [2.75, 3.05) is 46.2 Å². The molecule has 21 heavy (non-hydrogen) atoms. The van der Waals surface area contributed by atoms with Gasteiger partial charge in [0.15, 0.2) is 0 Å². The Bertz CT molecular complexity index is 360. The summed E-state index contributed by atoms with van der Waals surface area (Å²) in [5, 5.41) is 0.615. The molecule has 0 heterocycles. The molecule has 0 saturated heterocycles. The average Bonchev–Trinajstić information content (AvgIpc) is 2.50. The van der Waals surface area contributed by atoms with E-state index in [9.17, 15) is 0 Å². The van der Waals surface area contributed by atoms with Gasteiger partial charge in [-0.3, -0.25) is 0 Å². The molecule has 0 bridgehead atoms. The molecular weight excluding hydrogens is 292 g/mol. The van der Waals surface area contributed by atoms with Gasteiger partial charge in [0.1, 0.15) is 12.4 Å². The molecule has 1 rings (SSSR count). The van der Waals surface area contributed by atoms with Gasteiger partial charge >= 0.3 is 0 Å². The second kappa shape index (κ2) is 12.9. The number of halogens is 1. The first-order valence-corrected chi connectivity index (χ1v) is 7.83. The van der Waals surface area contributed by atoms with E-state index in [0.29, 0.717) is 50.4 Å². The van der Waals surface area contributed by atoms with Crippen LogP contribution in [0.2, 0.25) is 5.02 Å². The Kier molecular flexibility index (Phi) is 11.2. The first-order valence-electron chi connectivity index (χ1n) is 7.45. The molecule has 0 saturated carbocycles. The van der Waals surface area contributed by atoms with E-state index in [1.54, 1.807) is 6.07 Å². The number of para-hydroxylation sites is 1. The zero-order valence-corrected chi connectivity index (χ0v) is 13.4. The molecule has 0 fully saturated rings. The number of ether oxygens (including phenoxy) is 4. The minimum absolute atomic E-state index is 0.476. The van der Waals surface area contributed by atoms with Gasteiger partial charge in [0.25, 0.3) is 0 Å². The summed E-state index contributed by atoms with van der Waals surface area (Å²) in [4.78, 5) is 0. The van der Waals surface area contributed by atoms with E-state index >= 15 is 0 Å². The second-order valence-electron chi connectivity index (χ2n) is 4.47. The van der Waals surface area contributed by atoms with Gasteiger partial charge < -0.3 is 18.9 Å². The fraction of sp³-hybridized carbons (Fsp3) is 0.625. The Balaban J connectivity index is 1.84. The lowest BCUT2D eigenvalue weighted by Gasteiger charge is -2.09. The summed E-state index contributed by atoms with van der Waals surface area (Å²) in [7, 11) is 0. The van der Waals surface area contributed by atoms with Crippen LogP contribution in [0.1, 0.15) is 19.8 Å². The molecule has 0 aliphatic carbocycles. The molecule has 0 radical (unpaired) electrons. The lowest BCUT2D eigenvalue weighted by molar-refractivity contribution is 0.00896. The second-order valence-corrected chi connectivity index (χ2v) is 4.88. The Labute approximate surface area is 132 Å². The maximum atomic E-state index is 5.97. The van der Waals surface area contributed by atoms with Crippen LogP contribution in [0.4, 0.5) is 0 Å². The molecule has 0 aliphatic rings. The van der Waals surface area contributed by atoms with E-state index in [0.717, 1.165) is 19.4 Å². The van der Waals surface area contributed by atoms with Gasteiger partial charge in [-0.2, -0.15) is 0 Å². The van der Waals surface area contributed by atoms with Crippen LogP contribution in [0.3, 0.4) is 0 Å². The predicted molar refractivity (Wildman–Crippen MR) is 84.3 cm³/mol. The summed E-state index contributed by atoms with van der Waals surface area (Å²) in [6, 6.07) is 7.39. The quantitative estimate of drug-likeness (QED) is 0.521. The van der Waals surface area contributed by atoms with Crippen LogP contribution in [-0.4, -0.2) is 46.2 Å². The molecule has 0 aromatic heterocycles. The number of rotatable bonds is 13. The van der Waals surface area contributed by atoms with Gasteiger partial charge in [-0.25, -0.2) is 0 Å². The van der Waals surface area contributed by atoms with Crippen LogP contribution in [0.25, 0.3) is 0 Å². The third kappa shape index (κ3) is 9.69. The average molecular weight is 317 g/mol. The van der Waals surface area contributed by atoms with Gasteiger partial charge in [-0.1, -0.05) is 37.1 Å². The molecule has 1 aromatic rings. The lowest BCUT2D eigenvalue weighted by Crippen LogP contribution is -2.13. The minimum atomic E-state index is 0.476. The molecule has 120 valence electrons. The Morgan fingerprint density at radius 3 is 2.00 bits per heavy atom. The van der Waals surface area contributed by atoms with Gasteiger partial charge in [-0.05, 0) is 18.6 Å².